The van der Waals surface area contributed by atoms with Crippen molar-refractivity contribution >= 4 is 24.1 Å². The van der Waals surface area contributed by atoms with Gasteiger partial charge in [-0.2, -0.15) is 12.6 Å². The topological polar surface area (TPSA) is 27.8 Å². The fourth-order valence-corrected chi connectivity index (χ4v) is 2.41. The zero-order chi connectivity index (χ0) is 14.4. The maximum atomic E-state index is 4.31. The summed E-state index contributed by atoms with van der Waals surface area (Å²) in [6.07, 6.45) is 4.93. The highest BCUT2D eigenvalue weighted by molar-refractivity contribution is 7.79. The van der Waals surface area contributed by atoms with E-state index in [1.54, 1.807) is 0 Å². The Morgan fingerprint density at radius 2 is 2.10 bits per heavy atom. The molecule has 1 unspecified atom stereocenters. The number of thiol groups is 1. The van der Waals surface area contributed by atoms with Gasteiger partial charge in [-0.25, -0.2) is 0 Å². The lowest BCUT2D eigenvalue weighted by molar-refractivity contribution is 0.725. The van der Waals surface area contributed by atoms with Crippen LogP contribution >= 0.6 is 12.6 Å². The van der Waals surface area contributed by atoms with Crippen molar-refractivity contribution in [2.45, 2.75) is 19.1 Å². The molecule has 104 valence electrons. The van der Waals surface area contributed by atoms with Gasteiger partial charge in [0.2, 0.25) is 0 Å². The summed E-state index contributed by atoms with van der Waals surface area (Å²) in [6.45, 7) is 5.78. The minimum absolute atomic E-state index is 0.463. The Morgan fingerprint density at radius 1 is 1.35 bits per heavy atom. The maximum absolute atomic E-state index is 4.31. The summed E-state index contributed by atoms with van der Waals surface area (Å²) in [5, 5.41) is 3.37. The molecule has 0 saturated heterocycles. The highest BCUT2D eigenvalue weighted by atomic mass is 32.1. The molecule has 0 bridgehead atoms. The molecular formula is C17H20N2S. The number of benzene rings is 1. The molecule has 2 rings (SSSR count). The first-order chi connectivity index (χ1) is 9.72. The Morgan fingerprint density at radius 3 is 2.75 bits per heavy atom. The lowest BCUT2D eigenvalue weighted by atomic mass is 10.0. The van der Waals surface area contributed by atoms with E-state index in [0.29, 0.717) is 5.92 Å². The Balaban J connectivity index is 2.03. The lowest BCUT2D eigenvalue weighted by Crippen LogP contribution is -1.97. The summed E-state index contributed by atoms with van der Waals surface area (Å²) < 4.78 is 0. The Labute approximate surface area is 126 Å². The third-order valence-electron chi connectivity index (χ3n) is 3.19. The van der Waals surface area contributed by atoms with Crippen molar-refractivity contribution in [1.82, 2.24) is 4.98 Å². The van der Waals surface area contributed by atoms with Gasteiger partial charge in [-0.1, -0.05) is 25.6 Å². The number of nitrogens with one attached hydrogen (secondary N) is 2. The average molecular weight is 284 g/mol. The highest BCUT2D eigenvalue weighted by Gasteiger charge is 2.03. The molecule has 2 aromatic rings. The summed E-state index contributed by atoms with van der Waals surface area (Å²) in [4.78, 5) is 3.19. The molecule has 1 heterocycles. The van der Waals surface area contributed by atoms with Crippen LogP contribution in [0.15, 0.2) is 54.9 Å². The van der Waals surface area contributed by atoms with Crippen molar-refractivity contribution < 1.29 is 0 Å². The standard InChI is InChI=1S/C17H20N2S/c1-3-4-13(2)11-14-5-7-16(8-6-14)19-17-15(12-20)9-10-18-17/h4-10,13,18-20H,1,11-12H2,2H3. The molecule has 0 radical (unpaired) electrons. The molecule has 0 fully saturated rings. The minimum Gasteiger partial charge on any atom is -0.348 e. The van der Waals surface area contributed by atoms with Gasteiger partial charge in [0.25, 0.3) is 0 Å². The molecule has 0 aliphatic carbocycles. The van der Waals surface area contributed by atoms with Crippen molar-refractivity contribution in [2.75, 3.05) is 5.32 Å². The molecule has 2 N–H and O–H groups in total. The van der Waals surface area contributed by atoms with E-state index >= 15 is 0 Å². The second-order valence-corrected chi connectivity index (χ2v) is 5.23. The average Bonchev–Trinajstić information content (AvgIpc) is 2.88. The number of rotatable bonds is 6. The van der Waals surface area contributed by atoms with E-state index in [9.17, 15) is 0 Å². The number of anilines is 2. The lowest BCUT2D eigenvalue weighted by Gasteiger charge is -2.09. The summed E-state index contributed by atoms with van der Waals surface area (Å²) in [7, 11) is 0. The van der Waals surface area contributed by atoms with Crippen LogP contribution in [0.4, 0.5) is 11.5 Å². The van der Waals surface area contributed by atoms with Crippen LogP contribution in [0.1, 0.15) is 18.1 Å². The number of aromatic nitrogens is 1. The van der Waals surface area contributed by atoms with Crippen molar-refractivity contribution in [3.05, 3.63) is 66.0 Å². The minimum atomic E-state index is 0.463. The van der Waals surface area contributed by atoms with E-state index in [4.69, 9.17) is 0 Å². The van der Waals surface area contributed by atoms with Crippen LogP contribution in [0.3, 0.4) is 0 Å². The molecule has 0 spiro atoms. The third kappa shape index (κ3) is 3.83. The van der Waals surface area contributed by atoms with Crippen LogP contribution in [-0.4, -0.2) is 4.98 Å². The molecule has 20 heavy (non-hydrogen) atoms. The van der Waals surface area contributed by atoms with Gasteiger partial charge in [0.05, 0.1) is 0 Å². The Bertz CT molecular complexity index is 592. The van der Waals surface area contributed by atoms with Gasteiger partial charge in [0.1, 0.15) is 5.82 Å². The van der Waals surface area contributed by atoms with Gasteiger partial charge >= 0.3 is 0 Å². The number of H-pyrrole nitrogens is 1. The second kappa shape index (κ2) is 7.09. The monoisotopic (exact) mass is 284 g/mol. The first-order valence-corrected chi connectivity index (χ1v) is 7.35. The van der Waals surface area contributed by atoms with Gasteiger partial charge in [-0.05, 0) is 42.2 Å². The zero-order valence-corrected chi connectivity index (χ0v) is 12.6. The number of allylic oxidation sites excluding steroid dienone is 1. The fraction of sp³-hybridized carbons (Fsp3) is 0.235. The van der Waals surface area contributed by atoms with Crippen LogP contribution in [0.2, 0.25) is 0 Å². The summed E-state index contributed by atoms with van der Waals surface area (Å²) in [5.74, 6) is 2.19. The van der Waals surface area contributed by atoms with E-state index in [2.05, 4.69) is 66.4 Å². The van der Waals surface area contributed by atoms with E-state index in [1.165, 1.54) is 11.1 Å². The van der Waals surface area contributed by atoms with Gasteiger partial charge < -0.3 is 10.3 Å². The first kappa shape index (κ1) is 14.6. The fourth-order valence-electron chi connectivity index (χ4n) is 2.15. The molecule has 0 aliphatic rings. The second-order valence-electron chi connectivity index (χ2n) is 4.91. The van der Waals surface area contributed by atoms with Crippen LogP contribution in [0, 0.1) is 5.92 Å². The molecule has 0 amide bonds. The van der Waals surface area contributed by atoms with Crippen LogP contribution < -0.4 is 5.32 Å². The predicted molar refractivity (Wildman–Crippen MR) is 89.8 cm³/mol. The van der Waals surface area contributed by atoms with E-state index < -0.39 is 0 Å². The quantitative estimate of drug-likeness (QED) is 0.520. The predicted octanol–water partition coefficient (Wildman–Crippen LogP) is 4.71. The van der Waals surface area contributed by atoms with E-state index in [-0.39, 0.29) is 0 Å². The number of hydrogen-bond donors (Lipinski definition) is 3. The molecule has 1 atom stereocenters. The number of aromatic amines is 1. The van der Waals surface area contributed by atoms with Gasteiger partial charge in [0, 0.05) is 23.2 Å². The maximum Gasteiger partial charge on any atom is 0.111 e. The normalized spacial score (nSPS) is 11.7. The Hall–Kier alpha value is -1.83. The number of hydrogen-bond acceptors (Lipinski definition) is 2. The molecule has 3 heteroatoms. The first-order valence-electron chi connectivity index (χ1n) is 6.72. The summed E-state index contributed by atoms with van der Waals surface area (Å²) in [5.41, 5.74) is 6.40. The van der Waals surface area contributed by atoms with Crippen LogP contribution in [-0.2, 0) is 12.2 Å². The Kier molecular flexibility index (Phi) is 5.16. The van der Waals surface area contributed by atoms with Crippen molar-refractivity contribution in [1.29, 1.82) is 0 Å². The molecule has 0 aliphatic heterocycles. The summed E-state index contributed by atoms with van der Waals surface area (Å²) >= 11 is 4.31. The van der Waals surface area contributed by atoms with Crippen LogP contribution in [0.5, 0.6) is 0 Å². The SMILES string of the molecule is C=C=CC(C)Cc1ccc(Nc2[nH]ccc2CS)cc1. The van der Waals surface area contributed by atoms with Gasteiger partial charge in [0.15, 0.2) is 0 Å². The van der Waals surface area contributed by atoms with Crippen molar-refractivity contribution in [2.24, 2.45) is 5.92 Å². The van der Waals surface area contributed by atoms with Gasteiger partial charge in [-0.3, -0.25) is 0 Å². The molecule has 1 aromatic carbocycles. The van der Waals surface area contributed by atoms with Crippen molar-refractivity contribution in [3.63, 3.8) is 0 Å². The van der Waals surface area contributed by atoms with Gasteiger partial charge in [-0.15, -0.1) is 5.73 Å². The zero-order valence-electron chi connectivity index (χ0n) is 11.7. The van der Waals surface area contributed by atoms with E-state index in [1.807, 2.05) is 18.3 Å². The highest BCUT2D eigenvalue weighted by Crippen LogP contribution is 2.21. The van der Waals surface area contributed by atoms with Crippen LogP contribution in [0.25, 0.3) is 0 Å². The third-order valence-corrected chi connectivity index (χ3v) is 3.53. The molecule has 2 nitrogen and oxygen atoms in total. The molecular weight excluding hydrogens is 264 g/mol. The smallest absolute Gasteiger partial charge is 0.111 e. The molecule has 1 aromatic heterocycles. The largest absolute Gasteiger partial charge is 0.348 e. The summed E-state index contributed by atoms with van der Waals surface area (Å²) in [6, 6.07) is 10.5. The van der Waals surface area contributed by atoms with E-state index in [0.717, 1.165) is 23.7 Å². The molecule has 0 saturated carbocycles. The van der Waals surface area contributed by atoms with Crippen molar-refractivity contribution in [3.8, 4) is 0 Å².